The van der Waals surface area contributed by atoms with Gasteiger partial charge < -0.3 is 0 Å². The van der Waals surface area contributed by atoms with Crippen LogP contribution in [0.4, 0.5) is 0 Å². The van der Waals surface area contributed by atoms with Gasteiger partial charge in [-0.2, -0.15) is 5.26 Å². The summed E-state index contributed by atoms with van der Waals surface area (Å²) in [6, 6.07) is 9.95. The smallest absolute Gasteiger partial charge is 0.257 e. The number of carbonyl (C=O) groups is 1. The van der Waals surface area contributed by atoms with Crippen LogP contribution in [0.15, 0.2) is 46.8 Å². The highest BCUT2D eigenvalue weighted by Crippen LogP contribution is 2.30. The summed E-state index contributed by atoms with van der Waals surface area (Å²) in [5.41, 5.74) is 4.98. The molecule has 0 saturated heterocycles. The number of aromatic nitrogens is 2. The second-order valence-electron chi connectivity index (χ2n) is 10.3. The van der Waals surface area contributed by atoms with E-state index in [4.69, 9.17) is 4.98 Å². The van der Waals surface area contributed by atoms with Gasteiger partial charge in [0.15, 0.2) is 5.78 Å². The maximum atomic E-state index is 13.7. The molecule has 5 heteroatoms. The largest absolute Gasteiger partial charge is 0.297 e. The number of hydrogen-bond donors (Lipinski definition) is 0. The van der Waals surface area contributed by atoms with E-state index < -0.39 is 5.41 Å². The minimum absolute atomic E-state index is 0.0315. The number of hydrogen-bond acceptors (Lipinski definition) is 4. The number of nitriles is 1. The molecule has 0 fully saturated rings. The molecule has 0 N–H and O–H groups in total. The highest BCUT2D eigenvalue weighted by atomic mass is 16.1. The Hall–Kier alpha value is -3.26. The van der Waals surface area contributed by atoms with Crippen molar-refractivity contribution in [3.05, 3.63) is 80.6 Å². The summed E-state index contributed by atoms with van der Waals surface area (Å²) in [7, 11) is 0. The van der Waals surface area contributed by atoms with Gasteiger partial charge in [-0.1, -0.05) is 77.0 Å². The van der Waals surface area contributed by atoms with Gasteiger partial charge in [0.25, 0.3) is 5.56 Å². The Labute approximate surface area is 209 Å². The third-order valence-electron chi connectivity index (χ3n) is 6.68. The summed E-state index contributed by atoms with van der Waals surface area (Å²) in [5, 5.41) is 9.45. The molecular formula is C30H37N3O2. The lowest BCUT2D eigenvalue weighted by molar-refractivity contribution is -0.127. The van der Waals surface area contributed by atoms with Crippen molar-refractivity contribution in [3.63, 3.8) is 0 Å². The molecule has 0 amide bonds. The highest BCUT2D eigenvalue weighted by molar-refractivity contribution is 5.83. The van der Waals surface area contributed by atoms with Crippen LogP contribution in [0, 0.1) is 16.7 Å². The molecule has 1 aromatic carbocycles. The molecule has 5 nitrogen and oxygen atoms in total. The average Bonchev–Trinajstić information content (AvgIpc) is 2.85. The minimum atomic E-state index is -0.516. The summed E-state index contributed by atoms with van der Waals surface area (Å²) in [4.78, 5) is 31.4. The average molecular weight is 472 g/mol. The molecule has 0 radical (unpaired) electrons. The molecule has 1 aliphatic carbocycles. The third-order valence-corrected chi connectivity index (χ3v) is 6.68. The third kappa shape index (κ3) is 6.25. The van der Waals surface area contributed by atoms with Crippen LogP contribution < -0.4 is 5.56 Å². The minimum Gasteiger partial charge on any atom is -0.297 e. The molecular weight excluding hydrogens is 434 g/mol. The fourth-order valence-electron chi connectivity index (χ4n) is 4.37. The van der Waals surface area contributed by atoms with Crippen LogP contribution in [0.2, 0.25) is 0 Å². The van der Waals surface area contributed by atoms with Gasteiger partial charge in [-0.25, -0.2) is 4.98 Å². The Morgan fingerprint density at radius 1 is 1.14 bits per heavy atom. The molecule has 0 aliphatic heterocycles. The molecule has 2 aromatic rings. The number of aryl methyl sites for hydroxylation is 2. The van der Waals surface area contributed by atoms with Crippen LogP contribution in [-0.4, -0.2) is 15.3 Å². The van der Waals surface area contributed by atoms with Gasteiger partial charge in [0, 0.05) is 23.8 Å². The summed E-state index contributed by atoms with van der Waals surface area (Å²) >= 11 is 0. The van der Waals surface area contributed by atoms with Crippen LogP contribution >= 0.6 is 0 Å². The molecule has 184 valence electrons. The van der Waals surface area contributed by atoms with Crippen molar-refractivity contribution in [1.29, 1.82) is 5.26 Å². The van der Waals surface area contributed by atoms with Crippen LogP contribution in [0.25, 0.3) is 5.57 Å². The molecule has 1 heterocycles. The van der Waals surface area contributed by atoms with Crippen LogP contribution in [0.3, 0.4) is 0 Å². The van der Waals surface area contributed by atoms with E-state index in [0.717, 1.165) is 54.5 Å². The molecule has 1 aromatic heterocycles. The Morgan fingerprint density at radius 3 is 2.49 bits per heavy atom. The first-order valence-corrected chi connectivity index (χ1v) is 12.7. The van der Waals surface area contributed by atoms with Crippen molar-refractivity contribution in [3.8, 4) is 6.07 Å². The van der Waals surface area contributed by atoms with Crippen LogP contribution in [-0.2, 0) is 30.6 Å². The van der Waals surface area contributed by atoms with E-state index >= 15 is 0 Å². The van der Waals surface area contributed by atoms with E-state index in [0.29, 0.717) is 24.2 Å². The fourth-order valence-corrected chi connectivity index (χ4v) is 4.37. The quantitative estimate of drug-likeness (QED) is 0.451. The first-order chi connectivity index (χ1) is 16.7. The van der Waals surface area contributed by atoms with Crippen LogP contribution in [0.1, 0.15) is 88.5 Å². The van der Waals surface area contributed by atoms with E-state index in [1.165, 1.54) is 5.57 Å². The standard InChI is InChI=1S/C30H37N3O2/c1-6-8-13-26-25(29(35)33(28(7-2)32-26)20-27(34)30(3,4)5)18-21-14-16-22(17-15-21)24-12-10-9-11-23(24)19-31/h9-12,14,16H,6-8,13,15,17-18,20H2,1-5H3. The molecule has 0 saturated carbocycles. The van der Waals surface area contributed by atoms with Gasteiger partial charge in [-0.15, -0.1) is 0 Å². The molecule has 0 bridgehead atoms. The van der Waals surface area contributed by atoms with Crippen molar-refractivity contribution in [2.24, 2.45) is 5.41 Å². The maximum Gasteiger partial charge on any atom is 0.257 e. The zero-order valence-corrected chi connectivity index (χ0v) is 21.8. The fraction of sp³-hybridized carbons (Fsp3) is 0.467. The zero-order chi connectivity index (χ0) is 25.6. The first-order valence-electron chi connectivity index (χ1n) is 12.7. The number of unbranched alkanes of at least 4 members (excludes halogenated alkanes) is 1. The SMILES string of the molecule is CCCCc1nc(CC)n(CC(=O)C(C)(C)C)c(=O)c1CC1=CC=C(c2ccccc2C#N)CC1. The molecule has 3 rings (SSSR count). The molecule has 35 heavy (non-hydrogen) atoms. The van der Waals surface area contributed by atoms with Crippen molar-refractivity contribution in [2.75, 3.05) is 0 Å². The van der Waals surface area contributed by atoms with E-state index in [1.54, 1.807) is 4.57 Å². The molecule has 1 aliphatic rings. The second kappa shape index (κ2) is 11.4. The van der Waals surface area contributed by atoms with Crippen molar-refractivity contribution < 1.29 is 4.79 Å². The molecule has 0 unspecified atom stereocenters. The molecule has 0 atom stereocenters. The van der Waals surface area contributed by atoms with E-state index in [-0.39, 0.29) is 17.9 Å². The maximum absolute atomic E-state index is 13.7. The van der Waals surface area contributed by atoms with Gasteiger partial charge >= 0.3 is 0 Å². The van der Waals surface area contributed by atoms with E-state index in [9.17, 15) is 14.9 Å². The van der Waals surface area contributed by atoms with Gasteiger partial charge in [-0.3, -0.25) is 14.2 Å². The first kappa shape index (κ1) is 26.3. The summed E-state index contributed by atoms with van der Waals surface area (Å²) in [6.07, 6.45) is 9.75. The lowest BCUT2D eigenvalue weighted by Crippen LogP contribution is -2.36. The number of nitrogens with zero attached hydrogens (tertiary/aromatic N) is 3. The van der Waals surface area contributed by atoms with Gasteiger partial charge in [0.2, 0.25) is 0 Å². The highest BCUT2D eigenvalue weighted by Gasteiger charge is 2.25. The van der Waals surface area contributed by atoms with Gasteiger partial charge in [-0.05, 0) is 42.9 Å². The van der Waals surface area contributed by atoms with Crippen LogP contribution in [0.5, 0.6) is 0 Å². The predicted octanol–water partition coefficient (Wildman–Crippen LogP) is 5.98. The van der Waals surface area contributed by atoms with E-state index in [2.05, 4.69) is 25.1 Å². The van der Waals surface area contributed by atoms with Gasteiger partial charge in [0.05, 0.1) is 23.9 Å². The summed E-state index contributed by atoms with van der Waals surface area (Å²) in [6.45, 7) is 9.84. The lowest BCUT2D eigenvalue weighted by Gasteiger charge is -2.21. The lowest BCUT2D eigenvalue weighted by atomic mass is 9.88. The summed E-state index contributed by atoms with van der Waals surface area (Å²) < 4.78 is 1.60. The van der Waals surface area contributed by atoms with Gasteiger partial charge in [0.1, 0.15) is 5.82 Å². The number of ketones is 1. The Kier molecular flexibility index (Phi) is 8.62. The second-order valence-corrected chi connectivity index (χ2v) is 10.3. The monoisotopic (exact) mass is 471 g/mol. The summed E-state index contributed by atoms with van der Waals surface area (Å²) in [5.74, 6) is 0.722. The van der Waals surface area contributed by atoms with Crippen molar-refractivity contribution in [1.82, 2.24) is 9.55 Å². The Balaban J connectivity index is 2.00. The Morgan fingerprint density at radius 2 is 1.89 bits per heavy atom. The topological polar surface area (TPSA) is 75.8 Å². The zero-order valence-electron chi connectivity index (χ0n) is 21.8. The number of rotatable bonds is 9. The van der Waals surface area contributed by atoms with E-state index in [1.807, 2.05) is 52.0 Å². The number of benzene rings is 1. The van der Waals surface area contributed by atoms with Crippen molar-refractivity contribution >= 4 is 11.4 Å². The Bertz CT molecular complexity index is 1250. The normalized spacial score (nSPS) is 13.7. The molecule has 0 spiro atoms. The number of carbonyl (C=O) groups excluding carboxylic acids is 1. The number of Topliss-reactive ketones (excluding diaryl/α,β-unsaturated/α-hetero) is 1. The van der Waals surface area contributed by atoms with Crippen molar-refractivity contribution in [2.45, 2.75) is 86.1 Å². The predicted molar refractivity (Wildman–Crippen MR) is 141 cm³/mol. The number of allylic oxidation sites excluding steroid dienone is 4.